The summed E-state index contributed by atoms with van der Waals surface area (Å²) in [6.45, 7) is 0.0253. The van der Waals surface area contributed by atoms with Crippen LogP contribution in [-0.2, 0) is 4.79 Å². The third-order valence-electron chi connectivity index (χ3n) is 4.20. The maximum atomic E-state index is 12.6. The largest absolute Gasteiger partial charge is 0.496 e. The Morgan fingerprint density at radius 3 is 2.42 bits per heavy atom. The van der Waals surface area contributed by atoms with Gasteiger partial charge in [-0.05, 0) is 24.3 Å². The first-order chi connectivity index (χ1) is 12.6. The van der Waals surface area contributed by atoms with Gasteiger partial charge < -0.3 is 24.4 Å². The number of rotatable bonds is 5. The van der Waals surface area contributed by atoms with Gasteiger partial charge in [-0.1, -0.05) is 18.2 Å². The van der Waals surface area contributed by atoms with E-state index in [1.165, 1.54) is 19.1 Å². The van der Waals surface area contributed by atoms with Crippen molar-refractivity contribution in [3.05, 3.63) is 48.0 Å². The number of benzene rings is 2. The minimum absolute atomic E-state index is 0.0253. The molecule has 0 aromatic heterocycles. The molecule has 136 valence electrons. The predicted octanol–water partition coefficient (Wildman–Crippen LogP) is 1.86. The average molecular weight is 356 g/mol. The SMILES string of the molecule is COc1cccc(OC)c1C(=O)NCC1Oc2ccccc2N(C)C1=O. The molecule has 0 bridgehead atoms. The second kappa shape index (κ2) is 7.35. The summed E-state index contributed by atoms with van der Waals surface area (Å²) in [6, 6.07) is 12.3. The van der Waals surface area contributed by atoms with Crippen LogP contribution in [0.4, 0.5) is 5.69 Å². The van der Waals surface area contributed by atoms with Crippen LogP contribution in [-0.4, -0.2) is 45.7 Å². The van der Waals surface area contributed by atoms with E-state index in [4.69, 9.17) is 14.2 Å². The lowest BCUT2D eigenvalue weighted by atomic mass is 10.1. The Morgan fingerprint density at radius 2 is 1.77 bits per heavy atom. The van der Waals surface area contributed by atoms with E-state index < -0.39 is 12.0 Å². The maximum absolute atomic E-state index is 12.6. The number of fused-ring (bicyclic) bond motifs is 1. The number of carbonyl (C=O) groups excluding carboxylic acids is 2. The number of nitrogens with one attached hydrogen (secondary N) is 1. The molecular weight excluding hydrogens is 336 g/mol. The van der Waals surface area contributed by atoms with Crippen molar-refractivity contribution in [3.63, 3.8) is 0 Å². The van der Waals surface area contributed by atoms with Crippen molar-refractivity contribution in [1.29, 1.82) is 0 Å². The second-order valence-corrected chi connectivity index (χ2v) is 5.72. The maximum Gasteiger partial charge on any atom is 0.269 e. The van der Waals surface area contributed by atoms with Gasteiger partial charge >= 0.3 is 0 Å². The van der Waals surface area contributed by atoms with E-state index >= 15 is 0 Å². The van der Waals surface area contributed by atoms with E-state index in [0.717, 1.165) is 0 Å². The van der Waals surface area contributed by atoms with Gasteiger partial charge in [0.05, 0.1) is 26.5 Å². The normalized spacial score (nSPS) is 15.7. The van der Waals surface area contributed by atoms with Gasteiger partial charge in [0.15, 0.2) is 6.10 Å². The van der Waals surface area contributed by atoms with Crippen LogP contribution >= 0.6 is 0 Å². The van der Waals surface area contributed by atoms with Crippen LogP contribution in [0.25, 0.3) is 0 Å². The van der Waals surface area contributed by atoms with Crippen molar-refractivity contribution >= 4 is 17.5 Å². The van der Waals surface area contributed by atoms with E-state index in [1.807, 2.05) is 18.2 Å². The number of ether oxygens (including phenoxy) is 3. The highest BCUT2D eigenvalue weighted by Crippen LogP contribution is 2.32. The number of anilines is 1. The van der Waals surface area contributed by atoms with E-state index in [2.05, 4.69) is 5.32 Å². The van der Waals surface area contributed by atoms with Gasteiger partial charge in [-0.25, -0.2) is 0 Å². The summed E-state index contributed by atoms with van der Waals surface area (Å²) in [7, 11) is 4.64. The topological polar surface area (TPSA) is 77.1 Å². The van der Waals surface area contributed by atoms with Crippen LogP contribution in [0.1, 0.15) is 10.4 Å². The molecule has 1 aliphatic rings. The monoisotopic (exact) mass is 356 g/mol. The van der Waals surface area contributed by atoms with E-state index in [-0.39, 0.29) is 18.0 Å². The minimum atomic E-state index is -0.806. The summed E-state index contributed by atoms with van der Waals surface area (Å²) in [4.78, 5) is 26.6. The number of hydrogen-bond acceptors (Lipinski definition) is 5. The van der Waals surface area contributed by atoms with Crippen LogP contribution < -0.4 is 24.4 Å². The van der Waals surface area contributed by atoms with Crippen molar-refractivity contribution < 1.29 is 23.8 Å². The molecule has 1 N–H and O–H groups in total. The highest BCUT2D eigenvalue weighted by atomic mass is 16.5. The molecule has 1 unspecified atom stereocenters. The number of hydrogen-bond donors (Lipinski definition) is 1. The van der Waals surface area contributed by atoms with Gasteiger partial charge in [0.1, 0.15) is 22.8 Å². The first kappa shape index (κ1) is 17.6. The average Bonchev–Trinajstić information content (AvgIpc) is 2.68. The highest BCUT2D eigenvalue weighted by Gasteiger charge is 2.32. The van der Waals surface area contributed by atoms with Gasteiger partial charge in [0.25, 0.3) is 11.8 Å². The molecule has 1 heterocycles. The van der Waals surface area contributed by atoms with E-state index in [9.17, 15) is 9.59 Å². The molecule has 0 saturated heterocycles. The number of amides is 2. The standard InChI is InChI=1S/C19H20N2O5/c1-21-12-7-4-5-8-13(12)26-16(19(21)23)11-20-18(22)17-14(24-2)9-6-10-15(17)25-3/h4-10,16H,11H2,1-3H3,(H,20,22). The van der Waals surface area contributed by atoms with Gasteiger partial charge in [0, 0.05) is 7.05 Å². The lowest BCUT2D eigenvalue weighted by molar-refractivity contribution is -0.125. The molecule has 0 spiro atoms. The molecule has 7 nitrogen and oxygen atoms in total. The Hall–Kier alpha value is -3.22. The van der Waals surface area contributed by atoms with Gasteiger partial charge in [0.2, 0.25) is 0 Å². The van der Waals surface area contributed by atoms with Crippen LogP contribution in [0, 0.1) is 0 Å². The lowest BCUT2D eigenvalue weighted by Gasteiger charge is -2.32. The van der Waals surface area contributed by atoms with Crippen LogP contribution in [0.2, 0.25) is 0 Å². The van der Waals surface area contributed by atoms with Crippen molar-refractivity contribution in [2.24, 2.45) is 0 Å². The quantitative estimate of drug-likeness (QED) is 0.885. The Bertz CT molecular complexity index is 814. The zero-order chi connectivity index (χ0) is 18.7. The molecular formula is C19H20N2O5. The van der Waals surface area contributed by atoms with Crippen LogP contribution in [0.3, 0.4) is 0 Å². The fraction of sp³-hybridized carbons (Fsp3) is 0.263. The number of nitrogens with zero attached hydrogens (tertiary/aromatic N) is 1. The minimum Gasteiger partial charge on any atom is -0.496 e. The lowest BCUT2D eigenvalue weighted by Crippen LogP contribution is -2.49. The molecule has 0 saturated carbocycles. The third-order valence-corrected chi connectivity index (χ3v) is 4.20. The third kappa shape index (κ3) is 3.15. The molecule has 26 heavy (non-hydrogen) atoms. The summed E-state index contributed by atoms with van der Waals surface area (Å²) in [5, 5.41) is 2.73. The van der Waals surface area contributed by atoms with Crippen molar-refractivity contribution in [2.75, 3.05) is 32.7 Å². The van der Waals surface area contributed by atoms with E-state index in [0.29, 0.717) is 22.9 Å². The summed E-state index contributed by atoms with van der Waals surface area (Å²) in [6.07, 6.45) is -0.806. The van der Waals surface area contributed by atoms with Crippen LogP contribution in [0.5, 0.6) is 17.2 Å². The second-order valence-electron chi connectivity index (χ2n) is 5.72. The molecule has 7 heteroatoms. The van der Waals surface area contributed by atoms with Crippen molar-refractivity contribution in [2.45, 2.75) is 6.10 Å². The van der Waals surface area contributed by atoms with Crippen molar-refractivity contribution in [1.82, 2.24) is 5.32 Å². The fourth-order valence-electron chi connectivity index (χ4n) is 2.85. The molecule has 3 rings (SSSR count). The van der Waals surface area contributed by atoms with Gasteiger partial charge in [-0.2, -0.15) is 0 Å². The number of para-hydroxylation sites is 2. The molecule has 2 amide bonds. The number of carbonyl (C=O) groups is 2. The van der Waals surface area contributed by atoms with Crippen LogP contribution in [0.15, 0.2) is 42.5 Å². The molecule has 1 aliphatic heterocycles. The molecule has 0 fully saturated rings. The first-order valence-electron chi connectivity index (χ1n) is 8.09. The number of methoxy groups -OCH3 is 2. The fourth-order valence-corrected chi connectivity index (χ4v) is 2.85. The Morgan fingerprint density at radius 1 is 1.12 bits per heavy atom. The summed E-state index contributed by atoms with van der Waals surface area (Å²) in [5.74, 6) is 0.748. The summed E-state index contributed by atoms with van der Waals surface area (Å²) in [5.41, 5.74) is 0.973. The Kier molecular flexibility index (Phi) is 4.97. The summed E-state index contributed by atoms with van der Waals surface area (Å²) < 4.78 is 16.2. The smallest absolute Gasteiger partial charge is 0.269 e. The molecule has 0 aliphatic carbocycles. The number of likely N-dealkylation sites (N-methyl/N-ethyl adjacent to an activating group) is 1. The predicted molar refractivity (Wildman–Crippen MR) is 96.1 cm³/mol. The molecule has 2 aromatic rings. The van der Waals surface area contributed by atoms with Gasteiger partial charge in [-0.15, -0.1) is 0 Å². The Balaban J connectivity index is 1.76. The van der Waals surface area contributed by atoms with Gasteiger partial charge in [-0.3, -0.25) is 9.59 Å². The molecule has 0 radical (unpaired) electrons. The zero-order valence-corrected chi connectivity index (χ0v) is 14.8. The Labute approximate surface area is 151 Å². The molecule has 2 aromatic carbocycles. The highest BCUT2D eigenvalue weighted by molar-refractivity contribution is 6.02. The summed E-state index contributed by atoms with van der Waals surface area (Å²) >= 11 is 0. The first-order valence-corrected chi connectivity index (χ1v) is 8.09. The van der Waals surface area contributed by atoms with E-state index in [1.54, 1.807) is 31.3 Å². The molecule has 1 atom stereocenters. The van der Waals surface area contributed by atoms with Crippen molar-refractivity contribution in [3.8, 4) is 17.2 Å². The zero-order valence-electron chi connectivity index (χ0n) is 14.8.